The lowest BCUT2D eigenvalue weighted by Crippen LogP contribution is -2.44. The molecule has 1 N–H and O–H groups in total. The van der Waals surface area contributed by atoms with Gasteiger partial charge in [-0.3, -0.25) is 0 Å². The molecule has 0 fully saturated rings. The first kappa shape index (κ1) is 9.50. The minimum absolute atomic E-state index is 0.147. The van der Waals surface area contributed by atoms with E-state index in [9.17, 15) is 0 Å². The van der Waals surface area contributed by atoms with Crippen LogP contribution in [0, 0.1) is 0 Å². The highest BCUT2D eigenvalue weighted by Crippen LogP contribution is 1.98. The second-order valence-corrected chi connectivity index (χ2v) is 3.46. The first-order valence-corrected chi connectivity index (χ1v) is 3.59. The van der Waals surface area contributed by atoms with Crippen molar-refractivity contribution in [2.45, 2.75) is 33.2 Å². The van der Waals surface area contributed by atoms with Crippen molar-refractivity contribution in [2.75, 3.05) is 7.05 Å². The molecule has 0 atom stereocenters. The van der Waals surface area contributed by atoms with Gasteiger partial charge in [-0.25, -0.2) is 5.43 Å². The SMILES string of the molecule is C/C=C/N(C)NC(C)(C)C. The van der Waals surface area contributed by atoms with Gasteiger partial charge in [-0.1, -0.05) is 6.08 Å². The highest BCUT2D eigenvalue weighted by Gasteiger charge is 2.08. The minimum atomic E-state index is 0.147. The number of rotatable bonds is 2. The van der Waals surface area contributed by atoms with Crippen LogP contribution in [0.25, 0.3) is 0 Å². The van der Waals surface area contributed by atoms with Gasteiger partial charge < -0.3 is 5.01 Å². The van der Waals surface area contributed by atoms with E-state index in [1.807, 2.05) is 31.3 Å². The van der Waals surface area contributed by atoms with Crippen LogP contribution in [-0.2, 0) is 0 Å². The summed E-state index contributed by atoms with van der Waals surface area (Å²) >= 11 is 0. The van der Waals surface area contributed by atoms with Gasteiger partial charge in [0.25, 0.3) is 0 Å². The molecule has 0 aromatic heterocycles. The van der Waals surface area contributed by atoms with Crippen LogP contribution in [0.4, 0.5) is 0 Å². The van der Waals surface area contributed by atoms with E-state index in [2.05, 4.69) is 26.2 Å². The Labute approximate surface area is 63.9 Å². The topological polar surface area (TPSA) is 15.3 Å². The van der Waals surface area contributed by atoms with Gasteiger partial charge in [0.15, 0.2) is 0 Å². The largest absolute Gasteiger partial charge is 0.319 e. The normalized spacial score (nSPS) is 12.5. The number of hydrogen-bond donors (Lipinski definition) is 1. The van der Waals surface area contributed by atoms with Crippen molar-refractivity contribution >= 4 is 0 Å². The van der Waals surface area contributed by atoms with E-state index in [4.69, 9.17) is 0 Å². The fourth-order valence-electron chi connectivity index (χ4n) is 0.790. The van der Waals surface area contributed by atoms with Gasteiger partial charge in [0.2, 0.25) is 0 Å². The molecule has 0 unspecified atom stereocenters. The van der Waals surface area contributed by atoms with E-state index >= 15 is 0 Å². The highest BCUT2D eigenvalue weighted by atomic mass is 15.5. The Morgan fingerprint density at radius 2 is 1.80 bits per heavy atom. The summed E-state index contributed by atoms with van der Waals surface area (Å²) in [5, 5.41) is 1.96. The summed E-state index contributed by atoms with van der Waals surface area (Å²) in [6.45, 7) is 8.40. The fraction of sp³-hybridized carbons (Fsp3) is 0.750. The molecule has 0 aromatic carbocycles. The highest BCUT2D eigenvalue weighted by molar-refractivity contribution is 4.77. The average molecular weight is 142 g/mol. The maximum Gasteiger partial charge on any atom is 0.0288 e. The Bertz CT molecular complexity index is 111. The van der Waals surface area contributed by atoms with Crippen LogP contribution in [0.2, 0.25) is 0 Å². The smallest absolute Gasteiger partial charge is 0.0288 e. The average Bonchev–Trinajstić information content (AvgIpc) is 1.59. The predicted octanol–water partition coefficient (Wildman–Crippen LogP) is 1.75. The molecule has 0 heterocycles. The standard InChI is InChI=1S/C8H18N2/c1-6-7-10(5)9-8(2,3)4/h6-7,9H,1-5H3/b7-6+. The number of nitrogens with zero attached hydrogens (tertiary/aromatic N) is 1. The van der Waals surface area contributed by atoms with Gasteiger partial charge in [0.05, 0.1) is 0 Å². The van der Waals surface area contributed by atoms with Crippen LogP contribution in [0.5, 0.6) is 0 Å². The quantitative estimate of drug-likeness (QED) is 0.591. The molecule has 0 aliphatic heterocycles. The molecule has 0 amide bonds. The Morgan fingerprint density at radius 1 is 1.30 bits per heavy atom. The predicted molar refractivity (Wildman–Crippen MR) is 45.5 cm³/mol. The number of nitrogens with one attached hydrogen (secondary N) is 1. The lowest BCUT2D eigenvalue weighted by molar-refractivity contribution is 0.224. The van der Waals surface area contributed by atoms with Crippen LogP contribution in [0.3, 0.4) is 0 Å². The van der Waals surface area contributed by atoms with Gasteiger partial charge in [-0.05, 0) is 27.7 Å². The van der Waals surface area contributed by atoms with Crippen molar-refractivity contribution in [3.05, 3.63) is 12.3 Å². The first-order valence-electron chi connectivity index (χ1n) is 3.59. The molecular formula is C8H18N2. The van der Waals surface area contributed by atoms with Crippen LogP contribution in [-0.4, -0.2) is 17.6 Å². The summed E-state index contributed by atoms with van der Waals surface area (Å²) in [6, 6.07) is 0. The van der Waals surface area contributed by atoms with Gasteiger partial charge in [-0.15, -0.1) is 0 Å². The van der Waals surface area contributed by atoms with Crippen molar-refractivity contribution in [1.82, 2.24) is 10.4 Å². The van der Waals surface area contributed by atoms with Crippen molar-refractivity contribution < 1.29 is 0 Å². The Balaban J connectivity index is 3.68. The molecule has 2 heteroatoms. The molecule has 0 rings (SSSR count). The van der Waals surface area contributed by atoms with Crippen molar-refractivity contribution in [3.63, 3.8) is 0 Å². The zero-order valence-corrected chi connectivity index (χ0v) is 7.60. The van der Waals surface area contributed by atoms with Gasteiger partial charge in [-0.2, -0.15) is 0 Å². The van der Waals surface area contributed by atoms with E-state index in [1.165, 1.54) is 0 Å². The molecule has 0 saturated carbocycles. The van der Waals surface area contributed by atoms with Crippen LogP contribution >= 0.6 is 0 Å². The van der Waals surface area contributed by atoms with Crippen LogP contribution < -0.4 is 5.43 Å². The van der Waals surface area contributed by atoms with E-state index in [-0.39, 0.29) is 5.54 Å². The van der Waals surface area contributed by atoms with E-state index in [0.717, 1.165) is 0 Å². The third-order valence-electron chi connectivity index (χ3n) is 0.884. The Kier molecular flexibility index (Phi) is 3.43. The maximum atomic E-state index is 3.27. The number of allylic oxidation sites excluding steroid dienone is 1. The molecule has 0 radical (unpaired) electrons. The second kappa shape index (κ2) is 3.62. The van der Waals surface area contributed by atoms with Crippen LogP contribution in [0.1, 0.15) is 27.7 Å². The van der Waals surface area contributed by atoms with E-state index < -0.39 is 0 Å². The van der Waals surface area contributed by atoms with E-state index in [0.29, 0.717) is 0 Å². The van der Waals surface area contributed by atoms with Crippen molar-refractivity contribution in [2.24, 2.45) is 0 Å². The zero-order chi connectivity index (χ0) is 8.20. The molecule has 0 spiro atoms. The summed E-state index contributed by atoms with van der Waals surface area (Å²) in [5.41, 5.74) is 3.41. The summed E-state index contributed by atoms with van der Waals surface area (Å²) in [5.74, 6) is 0. The Hall–Kier alpha value is -0.500. The number of hydrazine groups is 1. The summed E-state index contributed by atoms with van der Waals surface area (Å²) in [4.78, 5) is 0. The zero-order valence-electron chi connectivity index (χ0n) is 7.60. The monoisotopic (exact) mass is 142 g/mol. The molecule has 0 aromatic rings. The number of hydrogen-bond acceptors (Lipinski definition) is 2. The summed E-state index contributed by atoms with van der Waals surface area (Å²) < 4.78 is 0. The third kappa shape index (κ3) is 5.63. The second-order valence-electron chi connectivity index (χ2n) is 3.46. The lowest BCUT2D eigenvalue weighted by atomic mass is 10.1. The van der Waals surface area contributed by atoms with Crippen molar-refractivity contribution in [3.8, 4) is 0 Å². The molecule has 10 heavy (non-hydrogen) atoms. The Morgan fingerprint density at radius 3 is 2.10 bits per heavy atom. The third-order valence-corrected chi connectivity index (χ3v) is 0.884. The first-order chi connectivity index (χ1) is 4.45. The molecule has 60 valence electrons. The molecule has 0 bridgehead atoms. The molecule has 2 nitrogen and oxygen atoms in total. The molecule has 0 aliphatic rings. The van der Waals surface area contributed by atoms with Gasteiger partial charge in [0, 0.05) is 18.8 Å². The lowest BCUT2D eigenvalue weighted by Gasteiger charge is -2.27. The summed E-state index contributed by atoms with van der Waals surface area (Å²) in [6.07, 6.45) is 3.99. The van der Waals surface area contributed by atoms with Crippen LogP contribution in [0.15, 0.2) is 12.3 Å². The summed E-state index contributed by atoms with van der Waals surface area (Å²) in [7, 11) is 1.99. The fourth-order valence-corrected chi connectivity index (χ4v) is 0.790. The van der Waals surface area contributed by atoms with Crippen molar-refractivity contribution in [1.29, 1.82) is 0 Å². The molecule has 0 aliphatic carbocycles. The maximum absolute atomic E-state index is 3.27. The van der Waals surface area contributed by atoms with Gasteiger partial charge >= 0.3 is 0 Å². The van der Waals surface area contributed by atoms with Gasteiger partial charge in [0.1, 0.15) is 0 Å². The van der Waals surface area contributed by atoms with E-state index in [1.54, 1.807) is 0 Å². The molecule has 0 saturated heterocycles. The minimum Gasteiger partial charge on any atom is -0.319 e. The molecular weight excluding hydrogens is 124 g/mol.